The highest BCUT2D eigenvalue weighted by molar-refractivity contribution is 5.60. The first kappa shape index (κ1) is 8.74. The van der Waals surface area contributed by atoms with Crippen molar-refractivity contribution in [2.24, 2.45) is 7.05 Å². The second-order valence-corrected chi connectivity index (χ2v) is 3.36. The topological polar surface area (TPSA) is 56.7 Å². The van der Waals surface area contributed by atoms with Gasteiger partial charge >= 0.3 is 0 Å². The van der Waals surface area contributed by atoms with Gasteiger partial charge < -0.3 is 5.73 Å². The van der Waals surface area contributed by atoms with Crippen molar-refractivity contribution in [2.75, 3.05) is 5.73 Å². The monoisotopic (exact) mass is 188 g/mol. The van der Waals surface area contributed by atoms with Crippen LogP contribution in [0.5, 0.6) is 0 Å². The number of nitrogen functional groups attached to an aromatic ring is 1. The molecule has 0 bridgehead atoms. The summed E-state index contributed by atoms with van der Waals surface area (Å²) in [4.78, 5) is 4.24. The first-order valence-electron chi connectivity index (χ1n) is 4.38. The molecule has 0 unspecified atom stereocenters. The Balaban J connectivity index is 2.51. The minimum absolute atomic E-state index is 0.545. The molecular weight excluding hydrogens is 176 g/mol. The van der Waals surface area contributed by atoms with E-state index in [9.17, 15) is 0 Å². The van der Waals surface area contributed by atoms with Crippen LogP contribution in [-0.2, 0) is 7.05 Å². The van der Waals surface area contributed by atoms with Crippen molar-refractivity contribution in [1.82, 2.24) is 14.8 Å². The number of anilines is 1. The fraction of sp³-hybridized carbons (Fsp3) is 0.200. The van der Waals surface area contributed by atoms with Crippen molar-refractivity contribution in [3.05, 3.63) is 30.1 Å². The number of aromatic nitrogens is 3. The molecule has 0 spiro atoms. The third-order valence-corrected chi connectivity index (χ3v) is 1.99. The Labute approximate surface area is 82.4 Å². The van der Waals surface area contributed by atoms with Crippen LogP contribution >= 0.6 is 0 Å². The summed E-state index contributed by atoms with van der Waals surface area (Å²) in [6, 6.07) is 3.84. The molecule has 14 heavy (non-hydrogen) atoms. The van der Waals surface area contributed by atoms with E-state index in [1.807, 2.05) is 32.3 Å². The normalized spacial score (nSPS) is 10.4. The third kappa shape index (κ3) is 1.59. The number of nitrogens with zero attached hydrogens (tertiary/aromatic N) is 3. The summed E-state index contributed by atoms with van der Waals surface area (Å²) in [6.07, 6.45) is 3.70. The number of pyridine rings is 1. The van der Waals surface area contributed by atoms with Gasteiger partial charge in [0.1, 0.15) is 5.82 Å². The maximum absolute atomic E-state index is 5.67. The molecule has 4 nitrogen and oxygen atoms in total. The Kier molecular flexibility index (Phi) is 1.96. The molecule has 0 radical (unpaired) electrons. The average molecular weight is 188 g/mol. The first-order chi connectivity index (χ1) is 6.65. The van der Waals surface area contributed by atoms with E-state index in [2.05, 4.69) is 10.1 Å². The molecule has 2 aromatic heterocycles. The van der Waals surface area contributed by atoms with Crippen LogP contribution in [0.25, 0.3) is 11.3 Å². The minimum Gasteiger partial charge on any atom is -0.384 e. The predicted octanol–water partition coefficient (Wildman–Crippen LogP) is 1.37. The van der Waals surface area contributed by atoms with Crippen LogP contribution in [0.2, 0.25) is 0 Å². The first-order valence-corrected chi connectivity index (χ1v) is 4.38. The van der Waals surface area contributed by atoms with Crippen molar-refractivity contribution in [3.8, 4) is 11.3 Å². The van der Waals surface area contributed by atoms with E-state index in [0.29, 0.717) is 5.82 Å². The number of rotatable bonds is 1. The van der Waals surface area contributed by atoms with Gasteiger partial charge in [-0.25, -0.2) is 4.98 Å². The lowest BCUT2D eigenvalue weighted by Crippen LogP contribution is -1.93. The van der Waals surface area contributed by atoms with Gasteiger partial charge in [-0.1, -0.05) is 0 Å². The molecule has 0 aliphatic rings. The Bertz CT molecular complexity index is 439. The Morgan fingerprint density at radius 3 is 2.71 bits per heavy atom. The molecule has 0 amide bonds. The zero-order valence-electron chi connectivity index (χ0n) is 8.23. The molecule has 72 valence electrons. The van der Waals surface area contributed by atoms with Gasteiger partial charge in [-0.15, -0.1) is 0 Å². The molecular formula is C10H12N4. The van der Waals surface area contributed by atoms with E-state index in [1.165, 1.54) is 0 Å². The van der Waals surface area contributed by atoms with Gasteiger partial charge in [0.25, 0.3) is 0 Å². The molecule has 0 aliphatic carbocycles. The molecule has 2 aromatic rings. The SMILES string of the molecule is Cc1cc(N)nc(-c2cnn(C)c2)c1. The Morgan fingerprint density at radius 2 is 2.14 bits per heavy atom. The van der Waals surface area contributed by atoms with Crippen molar-refractivity contribution in [2.45, 2.75) is 6.92 Å². The van der Waals surface area contributed by atoms with E-state index in [4.69, 9.17) is 5.73 Å². The van der Waals surface area contributed by atoms with Gasteiger partial charge in [0, 0.05) is 18.8 Å². The quantitative estimate of drug-likeness (QED) is 0.735. The summed E-state index contributed by atoms with van der Waals surface area (Å²) in [6.45, 7) is 2.00. The molecule has 0 saturated heterocycles. The second kappa shape index (κ2) is 3.14. The third-order valence-electron chi connectivity index (χ3n) is 1.99. The number of aryl methyl sites for hydroxylation is 2. The molecule has 0 aromatic carbocycles. The van der Waals surface area contributed by atoms with Gasteiger partial charge in [0.05, 0.1) is 11.9 Å². The highest BCUT2D eigenvalue weighted by atomic mass is 15.2. The van der Waals surface area contributed by atoms with Crippen LogP contribution in [0, 0.1) is 6.92 Å². The zero-order valence-corrected chi connectivity index (χ0v) is 8.23. The Morgan fingerprint density at radius 1 is 1.36 bits per heavy atom. The number of hydrogen-bond donors (Lipinski definition) is 1. The van der Waals surface area contributed by atoms with Crippen molar-refractivity contribution >= 4 is 5.82 Å². The van der Waals surface area contributed by atoms with Crippen molar-refractivity contribution in [1.29, 1.82) is 0 Å². The maximum atomic E-state index is 5.67. The lowest BCUT2D eigenvalue weighted by molar-refractivity contribution is 0.768. The molecule has 2 rings (SSSR count). The van der Waals surface area contributed by atoms with Gasteiger partial charge in [-0.05, 0) is 24.6 Å². The van der Waals surface area contributed by atoms with Crippen LogP contribution in [-0.4, -0.2) is 14.8 Å². The minimum atomic E-state index is 0.545. The molecule has 0 aliphatic heterocycles. The summed E-state index contributed by atoms with van der Waals surface area (Å²) in [5.41, 5.74) is 8.63. The van der Waals surface area contributed by atoms with Crippen LogP contribution in [0.1, 0.15) is 5.56 Å². The predicted molar refractivity (Wildman–Crippen MR) is 55.6 cm³/mol. The fourth-order valence-electron chi connectivity index (χ4n) is 1.40. The Hall–Kier alpha value is -1.84. The second-order valence-electron chi connectivity index (χ2n) is 3.36. The van der Waals surface area contributed by atoms with Gasteiger partial charge in [0.15, 0.2) is 0 Å². The lowest BCUT2D eigenvalue weighted by Gasteiger charge is -2.00. The molecule has 0 saturated carbocycles. The summed E-state index contributed by atoms with van der Waals surface area (Å²) in [5, 5.41) is 4.09. The number of hydrogen-bond acceptors (Lipinski definition) is 3. The molecule has 0 fully saturated rings. The average Bonchev–Trinajstić information content (AvgIpc) is 2.50. The molecule has 2 N–H and O–H groups in total. The smallest absolute Gasteiger partial charge is 0.124 e. The van der Waals surface area contributed by atoms with E-state index in [1.54, 1.807) is 10.9 Å². The molecule has 4 heteroatoms. The van der Waals surface area contributed by atoms with E-state index >= 15 is 0 Å². The highest BCUT2D eigenvalue weighted by Crippen LogP contribution is 2.18. The van der Waals surface area contributed by atoms with Gasteiger partial charge in [-0.3, -0.25) is 4.68 Å². The van der Waals surface area contributed by atoms with Crippen LogP contribution in [0.3, 0.4) is 0 Å². The van der Waals surface area contributed by atoms with Crippen molar-refractivity contribution < 1.29 is 0 Å². The fourth-order valence-corrected chi connectivity index (χ4v) is 1.40. The van der Waals surface area contributed by atoms with E-state index < -0.39 is 0 Å². The molecule has 0 atom stereocenters. The van der Waals surface area contributed by atoms with E-state index in [0.717, 1.165) is 16.8 Å². The lowest BCUT2D eigenvalue weighted by atomic mass is 10.2. The summed E-state index contributed by atoms with van der Waals surface area (Å²) in [7, 11) is 1.88. The van der Waals surface area contributed by atoms with Gasteiger partial charge in [-0.2, -0.15) is 5.10 Å². The maximum Gasteiger partial charge on any atom is 0.124 e. The standard InChI is InChI=1S/C10H12N4/c1-7-3-9(13-10(11)4-7)8-5-12-14(2)6-8/h3-6H,1-2H3,(H2,11,13). The number of nitrogens with two attached hydrogens (primary N) is 1. The largest absolute Gasteiger partial charge is 0.384 e. The van der Waals surface area contributed by atoms with E-state index in [-0.39, 0.29) is 0 Å². The van der Waals surface area contributed by atoms with Crippen LogP contribution in [0.4, 0.5) is 5.82 Å². The van der Waals surface area contributed by atoms with Crippen LogP contribution in [0.15, 0.2) is 24.5 Å². The van der Waals surface area contributed by atoms with Crippen molar-refractivity contribution in [3.63, 3.8) is 0 Å². The van der Waals surface area contributed by atoms with Crippen LogP contribution < -0.4 is 5.73 Å². The summed E-state index contributed by atoms with van der Waals surface area (Å²) >= 11 is 0. The van der Waals surface area contributed by atoms with Gasteiger partial charge in [0.2, 0.25) is 0 Å². The summed E-state index contributed by atoms with van der Waals surface area (Å²) in [5.74, 6) is 0.545. The zero-order chi connectivity index (χ0) is 10.1. The molecule has 2 heterocycles. The summed E-state index contributed by atoms with van der Waals surface area (Å²) < 4.78 is 1.75. The highest BCUT2D eigenvalue weighted by Gasteiger charge is 2.03.